The molecule has 0 saturated carbocycles. The molecule has 0 saturated heterocycles. The van der Waals surface area contributed by atoms with Gasteiger partial charge in [0, 0.05) is 6.20 Å². The lowest BCUT2D eigenvalue weighted by molar-refractivity contribution is 0.377. The van der Waals surface area contributed by atoms with Crippen molar-refractivity contribution in [2.24, 2.45) is 5.92 Å². The Bertz CT molecular complexity index is 313. The summed E-state index contributed by atoms with van der Waals surface area (Å²) in [6.45, 7) is 7.50. The van der Waals surface area contributed by atoms with Gasteiger partial charge < -0.3 is 10.1 Å². The third-order valence-corrected chi connectivity index (χ3v) is 2.51. The van der Waals surface area contributed by atoms with Gasteiger partial charge >= 0.3 is 0 Å². The average Bonchev–Trinajstić information content (AvgIpc) is 2.28. The largest absolute Gasteiger partial charge is 0.495 e. The van der Waals surface area contributed by atoms with Gasteiger partial charge in [-0.05, 0) is 31.0 Å². The Labute approximate surface area is 98.2 Å². The molecule has 16 heavy (non-hydrogen) atoms. The summed E-state index contributed by atoms with van der Waals surface area (Å²) in [4.78, 5) is 4.43. The molecule has 3 heteroatoms. The number of hydrogen-bond acceptors (Lipinski definition) is 3. The lowest BCUT2D eigenvalue weighted by Gasteiger charge is -2.21. The van der Waals surface area contributed by atoms with Crippen LogP contribution in [0.2, 0.25) is 0 Å². The Hall–Kier alpha value is -1.09. The van der Waals surface area contributed by atoms with Crippen molar-refractivity contribution in [3.8, 4) is 5.75 Å². The minimum absolute atomic E-state index is 0.279. The molecular formula is C13H22N2O. The zero-order valence-corrected chi connectivity index (χ0v) is 10.7. The maximum atomic E-state index is 5.35. The highest BCUT2D eigenvalue weighted by molar-refractivity contribution is 5.29. The Morgan fingerprint density at radius 3 is 2.75 bits per heavy atom. The van der Waals surface area contributed by atoms with E-state index in [1.807, 2.05) is 18.3 Å². The van der Waals surface area contributed by atoms with Gasteiger partial charge in [-0.15, -0.1) is 0 Å². The lowest BCUT2D eigenvalue weighted by atomic mass is 10.00. The highest BCUT2D eigenvalue weighted by Gasteiger charge is 2.17. The summed E-state index contributed by atoms with van der Waals surface area (Å²) in [6.07, 6.45) is 2.89. The van der Waals surface area contributed by atoms with Crippen molar-refractivity contribution >= 4 is 0 Å². The van der Waals surface area contributed by atoms with E-state index in [0.29, 0.717) is 5.92 Å². The molecule has 1 rings (SSSR count). The van der Waals surface area contributed by atoms with E-state index in [1.165, 1.54) is 0 Å². The fraction of sp³-hybridized carbons (Fsp3) is 0.615. The van der Waals surface area contributed by atoms with Crippen LogP contribution in [-0.2, 0) is 0 Å². The minimum atomic E-state index is 0.279. The maximum absolute atomic E-state index is 5.35. The number of nitrogens with one attached hydrogen (secondary N) is 1. The molecule has 0 fully saturated rings. The molecule has 1 atom stereocenters. The second-order valence-corrected chi connectivity index (χ2v) is 4.33. The fourth-order valence-electron chi connectivity index (χ4n) is 1.85. The maximum Gasteiger partial charge on any atom is 0.141 e. The minimum Gasteiger partial charge on any atom is -0.495 e. The monoisotopic (exact) mass is 222 g/mol. The molecule has 0 aliphatic heterocycles. The number of rotatable bonds is 6. The topological polar surface area (TPSA) is 34.2 Å². The molecule has 0 spiro atoms. The summed E-state index contributed by atoms with van der Waals surface area (Å²) in [5.74, 6) is 1.50. The Kier molecular flexibility index (Phi) is 5.26. The van der Waals surface area contributed by atoms with Crippen LogP contribution in [0.3, 0.4) is 0 Å². The van der Waals surface area contributed by atoms with Crippen LogP contribution >= 0.6 is 0 Å². The van der Waals surface area contributed by atoms with Crippen LogP contribution in [0.5, 0.6) is 5.75 Å². The number of pyridine rings is 1. The van der Waals surface area contributed by atoms with E-state index in [9.17, 15) is 0 Å². The van der Waals surface area contributed by atoms with Gasteiger partial charge in [-0.2, -0.15) is 0 Å². The molecule has 1 unspecified atom stereocenters. The highest BCUT2D eigenvalue weighted by Crippen LogP contribution is 2.26. The van der Waals surface area contributed by atoms with Gasteiger partial charge in [-0.3, -0.25) is 4.98 Å². The van der Waals surface area contributed by atoms with Crippen molar-refractivity contribution in [1.82, 2.24) is 10.3 Å². The van der Waals surface area contributed by atoms with E-state index in [-0.39, 0.29) is 6.04 Å². The number of aromatic nitrogens is 1. The molecular weight excluding hydrogens is 200 g/mol. The van der Waals surface area contributed by atoms with E-state index in [0.717, 1.165) is 24.4 Å². The van der Waals surface area contributed by atoms with E-state index < -0.39 is 0 Å². The molecule has 0 bridgehead atoms. The van der Waals surface area contributed by atoms with Crippen molar-refractivity contribution in [1.29, 1.82) is 0 Å². The van der Waals surface area contributed by atoms with Crippen molar-refractivity contribution in [3.05, 3.63) is 24.0 Å². The molecule has 90 valence electrons. The molecule has 1 aromatic heterocycles. The molecule has 0 aliphatic carbocycles. The predicted octanol–water partition coefficient (Wildman–Crippen LogP) is 2.79. The van der Waals surface area contributed by atoms with Crippen molar-refractivity contribution in [3.63, 3.8) is 0 Å². The molecule has 0 aliphatic rings. The highest BCUT2D eigenvalue weighted by atomic mass is 16.5. The van der Waals surface area contributed by atoms with Gasteiger partial charge in [0.1, 0.15) is 5.75 Å². The summed E-state index contributed by atoms with van der Waals surface area (Å²) in [7, 11) is 1.69. The summed E-state index contributed by atoms with van der Waals surface area (Å²) in [6, 6.07) is 4.15. The van der Waals surface area contributed by atoms with Crippen LogP contribution < -0.4 is 10.1 Å². The SMILES string of the molecule is CCNC(CC(C)C)c1ncccc1OC. The zero-order chi connectivity index (χ0) is 12.0. The van der Waals surface area contributed by atoms with Crippen LogP contribution in [0.25, 0.3) is 0 Å². The van der Waals surface area contributed by atoms with E-state index in [1.54, 1.807) is 7.11 Å². The number of methoxy groups -OCH3 is 1. The van der Waals surface area contributed by atoms with Crippen LogP contribution in [0.15, 0.2) is 18.3 Å². The van der Waals surface area contributed by atoms with Crippen LogP contribution in [0.1, 0.15) is 38.9 Å². The Morgan fingerprint density at radius 1 is 1.44 bits per heavy atom. The first-order chi connectivity index (χ1) is 7.69. The third-order valence-electron chi connectivity index (χ3n) is 2.51. The van der Waals surface area contributed by atoms with E-state index in [4.69, 9.17) is 4.74 Å². The number of ether oxygens (including phenoxy) is 1. The van der Waals surface area contributed by atoms with Gasteiger partial charge in [0.05, 0.1) is 18.8 Å². The van der Waals surface area contributed by atoms with Gasteiger partial charge in [0.15, 0.2) is 0 Å². The first kappa shape index (κ1) is 13.0. The van der Waals surface area contributed by atoms with Crippen LogP contribution in [-0.4, -0.2) is 18.6 Å². The molecule has 1 heterocycles. The molecule has 1 N–H and O–H groups in total. The van der Waals surface area contributed by atoms with Gasteiger partial charge in [-0.1, -0.05) is 20.8 Å². The van der Waals surface area contributed by atoms with Gasteiger partial charge in [0.25, 0.3) is 0 Å². The first-order valence-corrected chi connectivity index (χ1v) is 5.91. The Balaban J connectivity index is 2.90. The van der Waals surface area contributed by atoms with Crippen molar-refractivity contribution in [2.75, 3.05) is 13.7 Å². The normalized spacial score (nSPS) is 12.8. The standard InChI is InChI=1S/C13H22N2O/c1-5-14-11(9-10(2)3)13-12(16-4)7-6-8-15-13/h6-8,10-11,14H,5,9H2,1-4H3. The molecule has 3 nitrogen and oxygen atoms in total. The lowest BCUT2D eigenvalue weighted by Crippen LogP contribution is -2.23. The summed E-state index contributed by atoms with van der Waals surface area (Å²) in [5.41, 5.74) is 1.01. The smallest absolute Gasteiger partial charge is 0.141 e. The number of nitrogens with zero attached hydrogens (tertiary/aromatic N) is 1. The van der Waals surface area contributed by atoms with Crippen LogP contribution in [0.4, 0.5) is 0 Å². The predicted molar refractivity (Wildman–Crippen MR) is 66.7 cm³/mol. The fourth-order valence-corrected chi connectivity index (χ4v) is 1.85. The molecule has 0 aromatic carbocycles. The summed E-state index contributed by atoms with van der Waals surface area (Å²) >= 11 is 0. The molecule has 0 amide bonds. The van der Waals surface area contributed by atoms with Gasteiger partial charge in [-0.25, -0.2) is 0 Å². The average molecular weight is 222 g/mol. The quantitative estimate of drug-likeness (QED) is 0.803. The summed E-state index contributed by atoms with van der Waals surface area (Å²) < 4.78 is 5.35. The van der Waals surface area contributed by atoms with E-state index >= 15 is 0 Å². The Morgan fingerprint density at radius 2 is 2.19 bits per heavy atom. The van der Waals surface area contributed by atoms with Gasteiger partial charge in [0.2, 0.25) is 0 Å². The summed E-state index contributed by atoms with van der Waals surface area (Å²) in [5, 5.41) is 3.46. The van der Waals surface area contributed by atoms with Crippen LogP contribution in [0, 0.1) is 5.92 Å². The van der Waals surface area contributed by atoms with Crippen molar-refractivity contribution in [2.45, 2.75) is 33.2 Å². The first-order valence-electron chi connectivity index (χ1n) is 5.91. The molecule has 0 radical (unpaired) electrons. The molecule has 1 aromatic rings. The van der Waals surface area contributed by atoms with E-state index in [2.05, 4.69) is 31.1 Å². The third kappa shape index (κ3) is 3.49. The second kappa shape index (κ2) is 6.48. The second-order valence-electron chi connectivity index (χ2n) is 4.33. The number of hydrogen-bond donors (Lipinski definition) is 1. The van der Waals surface area contributed by atoms with Crippen molar-refractivity contribution < 1.29 is 4.74 Å². The zero-order valence-electron chi connectivity index (χ0n) is 10.7.